The third-order valence-corrected chi connectivity index (χ3v) is 3.93. The van der Waals surface area contributed by atoms with E-state index in [0.29, 0.717) is 5.69 Å². The van der Waals surface area contributed by atoms with E-state index < -0.39 is 15.2 Å². The van der Waals surface area contributed by atoms with E-state index in [1.807, 2.05) is 0 Å². The molecule has 0 aliphatic carbocycles. The molecule has 14 heavy (non-hydrogen) atoms. The largest absolute Gasteiger partial charge is 0.266 e. The number of nitrogens with one attached hydrogen (secondary N) is 1. The highest BCUT2D eigenvalue weighted by Gasteiger charge is 2.09. The van der Waals surface area contributed by atoms with Crippen LogP contribution in [0.5, 0.6) is 0 Å². The van der Waals surface area contributed by atoms with Gasteiger partial charge in [0.15, 0.2) is 0 Å². The van der Waals surface area contributed by atoms with Crippen LogP contribution >= 0.6 is 27.5 Å². The highest BCUT2D eigenvalue weighted by Crippen LogP contribution is 2.16. The Hall–Kier alpha value is -0.330. The van der Waals surface area contributed by atoms with Crippen LogP contribution in [-0.2, 0) is 10.0 Å². The highest BCUT2D eigenvalue weighted by atomic mass is 79.9. The summed E-state index contributed by atoms with van der Waals surface area (Å²) in [5.41, 5.74) is 0.708. The van der Waals surface area contributed by atoms with Gasteiger partial charge in [0, 0.05) is 4.47 Å². The van der Waals surface area contributed by atoms with E-state index in [1.165, 1.54) is 0 Å². The highest BCUT2D eigenvalue weighted by molar-refractivity contribution is 9.10. The molecule has 1 N–H and O–H groups in total. The van der Waals surface area contributed by atoms with E-state index in [-0.39, 0.29) is 5.82 Å². The Labute approximate surface area is 95.9 Å². The molecule has 78 valence electrons. The van der Waals surface area contributed by atoms with Crippen molar-refractivity contribution in [3.8, 4) is 0 Å². The molecule has 0 aliphatic rings. The third-order valence-electron chi connectivity index (χ3n) is 1.43. The summed E-state index contributed by atoms with van der Waals surface area (Å²) >= 11 is 8.49. The van der Waals surface area contributed by atoms with Gasteiger partial charge in [-0.25, -0.2) is 13.4 Å². The van der Waals surface area contributed by atoms with E-state index in [4.69, 9.17) is 11.6 Å². The summed E-state index contributed by atoms with van der Waals surface area (Å²) in [7, 11) is -3.46. The molecule has 0 atom stereocenters. The lowest BCUT2D eigenvalue weighted by atomic mass is 10.4. The molecule has 0 aromatic carbocycles. The van der Waals surface area contributed by atoms with Crippen molar-refractivity contribution in [2.45, 2.75) is 6.92 Å². The fourth-order valence-electron chi connectivity index (χ4n) is 0.787. The molecule has 1 aromatic heterocycles. The normalized spacial score (nSPS) is 11.4. The molecule has 4 nitrogen and oxygen atoms in total. The minimum atomic E-state index is -3.46. The Morgan fingerprint density at radius 2 is 2.21 bits per heavy atom. The quantitative estimate of drug-likeness (QED) is 0.870. The molecular formula is C7H8BrClN2O2S. The maximum atomic E-state index is 11.1. The summed E-state index contributed by atoms with van der Waals surface area (Å²) < 4.78 is 25.2. The molecule has 0 saturated heterocycles. The first-order chi connectivity index (χ1) is 6.44. The van der Waals surface area contributed by atoms with Gasteiger partial charge in [-0.3, -0.25) is 4.72 Å². The molecule has 0 radical (unpaired) electrons. The van der Waals surface area contributed by atoms with Crippen LogP contribution in [0.15, 0.2) is 16.6 Å². The Balaban J connectivity index is 2.94. The summed E-state index contributed by atoms with van der Waals surface area (Å²) in [6, 6.07) is 3.27. The number of sulfonamides is 1. The van der Waals surface area contributed by atoms with Crippen molar-refractivity contribution >= 4 is 43.4 Å². The monoisotopic (exact) mass is 298 g/mol. The van der Waals surface area contributed by atoms with Crippen LogP contribution in [0.3, 0.4) is 0 Å². The lowest BCUT2D eigenvalue weighted by Gasteiger charge is -2.05. The summed E-state index contributed by atoms with van der Waals surface area (Å²) in [6.07, 6.45) is 0. The van der Waals surface area contributed by atoms with Gasteiger partial charge in [-0.15, -0.1) is 11.6 Å². The molecule has 7 heteroatoms. The molecule has 0 aliphatic heterocycles. The van der Waals surface area contributed by atoms with Crippen LogP contribution < -0.4 is 4.72 Å². The Morgan fingerprint density at radius 1 is 1.57 bits per heavy atom. The van der Waals surface area contributed by atoms with E-state index in [0.717, 1.165) is 4.47 Å². The number of alkyl halides is 1. The zero-order valence-corrected chi connectivity index (χ0v) is 10.4. The maximum Gasteiger partial charge on any atom is 0.247 e. The Bertz CT molecular complexity index is 435. The molecule has 1 rings (SSSR count). The van der Waals surface area contributed by atoms with Crippen molar-refractivity contribution in [3.63, 3.8) is 0 Å². The van der Waals surface area contributed by atoms with Gasteiger partial charge in [-0.05, 0) is 35.0 Å². The van der Waals surface area contributed by atoms with Crippen molar-refractivity contribution in [1.29, 1.82) is 0 Å². The number of aryl methyl sites for hydroxylation is 1. The summed E-state index contributed by atoms with van der Waals surface area (Å²) in [4.78, 5) is 4.01. The van der Waals surface area contributed by atoms with Crippen LogP contribution in [0.4, 0.5) is 5.82 Å². The second kappa shape index (κ2) is 4.46. The van der Waals surface area contributed by atoms with Gasteiger partial charge >= 0.3 is 0 Å². The predicted molar refractivity (Wildman–Crippen MR) is 59.9 cm³/mol. The van der Waals surface area contributed by atoms with Gasteiger partial charge in [-0.2, -0.15) is 0 Å². The van der Waals surface area contributed by atoms with Crippen LogP contribution in [0.25, 0.3) is 0 Å². The molecular weight excluding hydrogens is 292 g/mol. The van der Waals surface area contributed by atoms with Crippen molar-refractivity contribution in [2.75, 3.05) is 9.93 Å². The van der Waals surface area contributed by atoms with Gasteiger partial charge in [-0.1, -0.05) is 0 Å². The average Bonchev–Trinajstić information content (AvgIpc) is 2.11. The minimum Gasteiger partial charge on any atom is -0.266 e. The summed E-state index contributed by atoms with van der Waals surface area (Å²) in [5, 5.41) is -0.482. The molecule has 0 spiro atoms. The number of halogens is 2. The fourth-order valence-corrected chi connectivity index (χ4v) is 1.66. The van der Waals surface area contributed by atoms with Crippen molar-refractivity contribution < 1.29 is 8.42 Å². The van der Waals surface area contributed by atoms with Gasteiger partial charge in [0.05, 0.1) is 5.69 Å². The second-order valence-electron chi connectivity index (χ2n) is 2.59. The lowest BCUT2D eigenvalue weighted by Crippen LogP contribution is -2.14. The molecule has 0 unspecified atom stereocenters. The van der Waals surface area contributed by atoms with Crippen molar-refractivity contribution in [3.05, 3.63) is 22.3 Å². The standard InChI is InChI=1S/C7H8BrClN2O2S/c1-5-6(8)2-3-7(10-5)11-14(12,13)4-9/h2-3H,4H2,1H3,(H,10,11). The number of nitrogens with zero attached hydrogens (tertiary/aromatic N) is 1. The molecule has 1 heterocycles. The number of rotatable bonds is 3. The smallest absolute Gasteiger partial charge is 0.247 e. The molecule has 1 aromatic rings. The van der Waals surface area contributed by atoms with E-state index >= 15 is 0 Å². The Morgan fingerprint density at radius 3 is 2.71 bits per heavy atom. The zero-order chi connectivity index (χ0) is 10.8. The van der Waals surface area contributed by atoms with Crippen LogP contribution in [0.1, 0.15) is 5.69 Å². The van der Waals surface area contributed by atoms with Gasteiger partial charge in [0.1, 0.15) is 11.0 Å². The first kappa shape index (κ1) is 11.7. The number of anilines is 1. The number of pyridine rings is 1. The lowest BCUT2D eigenvalue weighted by molar-refractivity contribution is 0.605. The SMILES string of the molecule is Cc1nc(NS(=O)(=O)CCl)ccc1Br. The predicted octanol–water partition coefficient (Wildman–Crippen LogP) is 2.09. The van der Waals surface area contributed by atoms with Crippen LogP contribution in [0, 0.1) is 6.92 Å². The first-order valence-corrected chi connectivity index (χ1v) is 6.62. The number of aromatic nitrogens is 1. The fraction of sp³-hybridized carbons (Fsp3) is 0.286. The average molecular weight is 300 g/mol. The third kappa shape index (κ3) is 3.11. The number of hydrogen-bond donors (Lipinski definition) is 1. The van der Waals surface area contributed by atoms with Crippen molar-refractivity contribution in [2.24, 2.45) is 0 Å². The van der Waals surface area contributed by atoms with Gasteiger partial charge in [0.25, 0.3) is 0 Å². The van der Waals surface area contributed by atoms with E-state index in [1.54, 1.807) is 19.1 Å². The maximum absolute atomic E-state index is 11.1. The van der Waals surface area contributed by atoms with E-state index in [2.05, 4.69) is 25.6 Å². The van der Waals surface area contributed by atoms with Crippen LogP contribution in [-0.4, -0.2) is 18.6 Å². The molecule has 0 amide bonds. The summed E-state index contributed by atoms with van der Waals surface area (Å²) in [5.74, 6) is 0.270. The van der Waals surface area contributed by atoms with E-state index in [9.17, 15) is 8.42 Å². The molecule has 0 fully saturated rings. The second-order valence-corrected chi connectivity index (χ2v) is 5.75. The Kier molecular flexibility index (Phi) is 3.74. The van der Waals surface area contributed by atoms with Gasteiger partial charge in [0.2, 0.25) is 10.0 Å². The van der Waals surface area contributed by atoms with Gasteiger partial charge < -0.3 is 0 Å². The minimum absolute atomic E-state index is 0.270. The van der Waals surface area contributed by atoms with Crippen LogP contribution in [0.2, 0.25) is 0 Å². The first-order valence-electron chi connectivity index (χ1n) is 3.64. The van der Waals surface area contributed by atoms with Crippen molar-refractivity contribution in [1.82, 2.24) is 4.98 Å². The summed E-state index contributed by atoms with van der Waals surface area (Å²) in [6.45, 7) is 1.77. The topological polar surface area (TPSA) is 59.1 Å². The molecule has 0 bridgehead atoms. The molecule has 0 saturated carbocycles. The zero-order valence-electron chi connectivity index (χ0n) is 7.29. The number of hydrogen-bond acceptors (Lipinski definition) is 3.